The summed E-state index contributed by atoms with van der Waals surface area (Å²) in [5.41, 5.74) is 0.639. The van der Waals surface area contributed by atoms with Gasteiger partial charge in [0.15, 0.2) is 5.01 Å². The number of carboxylic acid groups (broad SMARTS) is 1. The molecule has 1 aromatic heterocycles. The van der Waals surface area contributed by atoms with Gasteiger partial charge in [0.25, 0.3) is 5.91 Å². The highest BCUT2D eigenvalue weighted by Gasteiger charge is 2.16. The van der Waals surface area contributed by atoms with E-state index in [2.05, 4.69) is 15.5 Å². The van der Waals surface area contributed by atoms with Gasteiger partial charge >= 0.3 is 5.97 Å². The van der Waals surface area contributed by atoms with Crippen LogP contribution in [0.5, 0.6) is 5.75 Å². The molecule has 26 heavy (non-hydrogen) atoms. The maximum absolute atomic E-state index is 12.2. The van der Waals surface area contributed by atoms with Crippen LogP contribution < -0.4 is 5.32 Å². The molecule has 0 spiro atoms. The Bertz CT molecular complexity index is 1010. The SMILES string of the molecule is O=C(O)c1ccc(C(=O)Nc2nnc(-c3cc(Cl)cc(Cl)c3O)s2)cc1. The van der Waals surface area contributed by atoms with E-state index in [-0.39, 0.29) is 27.0 Å². The number of rotatable bonds is 4. The molecule has 0 aliphatic carbocycles. The summed E-state index contributed by atoms with van der Waals surface area (Å²) in [6.45, 7) is 0. The Kier molecular flexibility index (Phi) is 5.08. The van der Waals surface area contributed by atoms with E-state index in [4.69, 9.17) is 28.3 Å². The number of aromatic nitrogens is 2. The summed E-state index contributed by atoms with van der Waals surface area (Å²) in [7, 11) is 0. The van der Waals surface area contributed by atoms with Crippen molar-refractivity contribution in [1.82, 2.24) is 10.2 Å². The third-order valence-corrected chi connectivity index (χ3v) is 4.68. The number of nitrogens with one attached hydrogen (secondary N) is 1. The van der Waals surface area contributed by atoms with Gasteiger partial charge in [-0.05, 0) is 36.4 Å². The molecular weight excluding hydrogens is 401 g/mol. The summed E-state index contributed by atoms with van der Waals surface area (Å²) in [4.78, 5) is 23.0. The number of amides is 1. The number of halogens is 2. The van der Waals surface area contributed by atoms with Crippen LogP contribution in [-0.4, -0.2) is 32.3 Å². The van der Waals surface area contributed by atoms with Gasteiger partial charge < -0.3 is 10.2 Å². The van der Waals surface area contributed by atoms with Crippen LogP contribution in [-0.2, 0) is 0 Å². The van der Waals surface area contributed by atoms with Crippen LogP contribution in [0.3, 0.4) is 0 Å². The smallest absolute Gasteiger partial charge is 0.335 e. The first-order chi connectivity index (χ1) is 12.3. The van der Waals surface area contributed by atoms with E-state index in [1.807, 2.05) is 0 Å². The highest BCUT2D eigenvalue weighted by molar-refractivity contribution is 7.18. The van der Waals surface area contributed by atoms with Crippen molar-refractivity contribution in [3.8, 4) is 16.3 Å². The number of benzene rings is 2. The molecule has 0 saturated heterocycles. The van der Waals surface area contributed by atoms with Crippen molar-refractivity contribution in [3.63, 3.8) is 0 Å². The fourth-order valence-electron chi connectivity index (χ4n) is 2.05. The minimum Gasteiger partial charge on any atom is -0.506 e. The Hall–Kier alpha value is -2.68. The van der Waals surface area contributed by atoms with E-state index in [0.717, 1.165) is 11.3 Å². The third kappa shape index (κ3) is 3.77. The van der Waals surface area contributed by atoms with Crippen LogP contribution in [0.25, 0.3) is 10.6 Å². The molecule has 1 heterocycles. The molecule has 0 radical (unpaired) electrons. The highest BCUT2D eigenvalue weighted by atomic mass is 35.5. The van der Waals surface area contributed by atoms with Crippen LogP contribution in [0.2, 0.25) is 10.0 Å². The molecule has 10 heteroatoms. The number of hydrogen-bond acceptors (Lipinski definition) is 6. The topological polar surface area (TPSA) is 112 Å². The Labute approximate surface area is 160 Å². The minimum atomic E-state index is -1.08. The molecular formula is C16H9Cl2N3O4S. The molecule has 1 amide bonds. The van der Waals surface area contributed by atoms with Crippen LogP contribution >= 0.6 is 34.5 Å². The van der Waals surface area contributed by atoms with Crippen LogP contribution in [0, 0.1) is 0 Å². The molecule has 0 atom stereocenters. The molecule has 7 nitrogen and oxygen atoms in total. The van der Waals surface area contributed by atoms with E-state index in [9.17, 15) is 14.7 Å². The van der Waals surface area contributed by atoms with Crippen LogP contribution in [0.4, 0.5) is 5.13 Å². The molecule has 2 aromatic carbocycles. The van der Waals surface area contributed by atoms with E-state index in [1.165, 1.54) is 36.4 Å². The largest absolute Gasteiger partial charge is 0.506 e. The Morgan fingerprint density at radius 2 is 1.69 bits per heavy atom. The molecule has 3 rings (SSSR count). The quantitative estimate of drug-likeness (QED) is 0.595. The van der Waals surface area contributed by atoms with Crippen molar-refractivity contribution in [2.75, 3.05) is 5.32 Å². The fourth-order valence-corrected chi connectivity index (χ4v) is 3.29. The number of phenols is 1. The van der Waals surface area contributed by atoms with E-state index < -0.39 is 11.9 Å². The highest BCUT2D eigenvalue weighted by Crippen LogP contribution is 2.39. The second kappa shape index (κ2) is 7.28. The number of phenolic OH excluding ortho intramolecular Hbond substituents is 1. The van der Waals surface area contributed by atoms with Gasteiger partial charge in [-0.25, -0.2) is 4.79 Å². The zero-order chi connectivity index (χ0) is 18.8. The van der Waals surface area contributed by atoms with Crippen molar-refractivity contribution in [1.29, 1.82) is 0 Å². The number of carbonyl (C=O) groups is 2. The average Bonchev–Trinajstić information content (AvgIpc) is 3.06. The lowest BCUT2D eigenvalue weighted by molar-refractivity contribution is 0.0696. The first-order valence-corrected chi connectivity index (χ1v) is 8.59. The first kappa shape index (κ1) is 18.1. The standard InChI is InChI=1S/C16H9Cl2N3O4S/c17-9-5-10(12(22)11(18)6-9)14-20-21-16(26-14)19-13(23)7-1-3-8(4-2-7)15(24)25/h1-6,22H,(H,24,25)(H,19,21,23). The maximum Gasteiger partial charge on any atom is 0.335 e. The first-order valence-electron chi connectivity index (χ1n) is 7.01. The number of carboxylic acids is 1. The maximum atomic E-state index is 12.2. The molecule has 0 aliphatic heterocycles. The van der Waals surface area contributed by atoms with E-state index >= 15 is 0 Å². The lowest BCUT2D eigenvalue weighted by Crippen LogP contribution is -2.12. The molecule has 0 bridgehead atoms. The molecule has 0 fully saturated rings. The number of aromatic carboxylic acids is 1. The zero-order valence-electron chi connectivity index (χ0n) is 12.7. The molecule has 3 aromatic rings. The van der Waals surface area contributed by atoms with Crippen molar-refractivity contribution >= 4 is 51.5 Å². The van der Waals surface area contributed by atoms with Crippen molar-refractivity contribution in [2.45, 2.75) is 0 Å². The van der Waals surface area contributed by atoms with Crippen molar-refractivity contribution in [3.05, 3.63) is 57.6 Å². The van der Waals surface area contributed by atoms with Crippen LogP contribution in [0.1, 0.15) is 20.7 Å². The summed E-state index contributed by atoms with van der Waals surface area (Å²) in [6, 6.07) is 8.32. The monoisotopic (exact) mass is 409 g/mol. The summed E-state index contributed by atoms with van der Waals surface area (Å²) in [5, 5.41) is 30.1. The summed E-state index contributed by atoms with van der Waals surface area (Å²) in [6.07, 6.45) is 0. The molecule has 0 aliphatic rings. The normalized spacial score (nSPS) is 10.5. The Balaban J connectivity index is 1.80. The molecule has 132 valence electrons. The predicted octanol–water partition coefficient (Wildman–Crippen LogP) is 4.17. The number of hydrogen-bond donors (Lipinski definition) is 3. The van der Waals surface area contributed by atoms with Crippen LogP contribution in [0.15, 0.2) is 36.4 Å². The lowest BCUT2D eigenvalue weighted by Gasteiger charge is -2.03. The lowest BCUT2D eigenvalue weighted by atomic mass is 10.1. The number of nitrogens with zero attached hydrogens (tertiary/aromatic N) is 2. The number of aromatic hydroxyl groups is 1. The Morgan fingerprint density at radius 3 is 2.35 bits per heavy atom. The van der Waals surface area contributed by atoms with Gasteiger partial charge in [0, 0.05) is 10.6 Å². The van der Waals surface area contributed by atoms with Gasteiger partial charge in [0.2, 0.25) is 5.13 Å². The van der Waals surface area contributed by atoms with Crippen molar-refractivity contribution in [2.24, 2.45) is 0 Å². The van der Waals surface area contributed by atoms with E-state index in [1.54, 1.807) is 0 Å². The van der Waals surface area contributed by atoms with Gasteiger partial charge in [-0.1, -0.05) is 34.5 Å². The fraction of sp³-hybridized carbons (Fsp3) is 0. The zero-order valence-corrected chi connectivity index (χ0v) is 15.1. The Morgan fingerprint density at radius 1 is 1.04 bits per heavy atom. The second-order valence-electron chi connectivity index (χ2n) is 5.03. The number of anilines is 1. The summed E-state index contributed by atoms with van der Waals surface area (Å²) >= 11 is 12.8. The third-order valence-electron chi connectivity index (χ3n) is 3.30. The predicted molar refractivity (Wildman–Crippen MR) is 98.4 cm³/mol. The average molecular weight is 410 g/mol. The van der Waals surface area contributed by atoms with Gasteiger partial charge in [-0.15, -0.1) is 10.2 Å². The summed E-state index contributed by atoms with van der Waals surface area (Å²) < 4.78 is 0. The second-order valence-corrected chi connectivity index (χ2v) is 6.85. The van der Waals surface area contributed by atoms with E-state index in [0.29, 0.717) is 15.6 Å². The minimum absolute atomic E-state index is 0.0757. The van der Waals surface area contributed by atoms with Crippen molar-refractivity contribution < 1.29 is 19.8 Å². The molecule has 0 saturated carbocycles. The van der Waals surface area contributed by atoms with Gasteiger partial charge in [0.1, 0.15) is 5.75 Å². The molecule has 3 N–H and O–H groups in total. The van der Waals surface area contributed by atoms with Gasteiger partial charge in [-0.2, -0.15) is 0 Å². The van der Waals surface area contributed by atoms with Gasteiger partial charge in [0.05, 0.1) is 16.1 Å². The van der Waals surface area contributed by atoms with Gasteiger partial charge in [-0.3, -0.25) is 10.1 Å². The summed E-state index contributed by atoms with van der Waals surface area (Å²) in [5.74, 6) is -1.74. The number of carbonyl (C=O) groups excluding carboxylic acids is 1. The molecule has 0 unspecified atom stereocenters.